The number of halogens is 3. The predicted octanol–water partition coefficient (Wildman–Crippen LogP) is 7.67. The zero-order valence-electron chi connectivity index (χ0n) is 18.2. The minimum absolute atomic E-state index is 0.0382. The second kappa shape index (κ2) is 8.84. The summed E-state index contributed by atoms with van der Waals surface area (Å²) in [6.45, 7) is 0.269. The lowest BCUT2D eigenvalue weighted by molar-refractivity contribution is -0.138. The summed E-state index contributed by atoms with van der Waals surface area (Å²) >= 11 is 0. The molecule has 5 heteroatoms. The Hall–Kier alpha value is -3.83. The Morgan fingerprint density at radius 2 is 1.21 bits per heavy atom. The first-order valence-corrected chi connectivity index (χ1v) is 11.0. The molecule has 0 amide bonds. The lowest BCUT2D eigenvalue weighted by atomic mass is 9.90. The van der Waals surface area contributed by atoms with Crippen LogP contribution in [0.25, 0.3) is 32.7 Å². The number of alkyl halides is 3. The van der Waals surface area contributed by atoms with Gasteiger partial charge in [-0.3, -0.25) is 0 Å². The van der Waals surface area contributed by atoms with Gasteiger partial charge in [-0.05, 0) is 39.2 Å². The Labute approximate surface area is 195 Å². The summed E-state index contributed by atoms with van der Waals surface area (Å²) in [5, 5.41) is 18.5. The van der Waals surface area contributed by atoms with E-state index >= 15 is 0 Å². The molecule has 2 nitrogen and oxygen atoms in total. The highest BCUT2D eigenvalue weighted by Crippen LogP contribution is 2.41. The third kappa shape index (κ3) is 4.11. The maximum absolute atomic E-state index is 13.3. The Kier molecular flexibility index (Phi) is 5.72. The van der Waals surface area contributed by atoms with Crippen LogP contribution in [0.1, 0.15) is 16.7 Å². The molecule has 2 N–H and O–H groups in total. The third-order valence-electron chi connectivity index (χ3n) is 6.11. The van der Waals surface area contributed by atoms with E-state index in [0.29, 0.717) is 11.1 Å². The fraction of sp³-hybridized carbons (Fsp3) is 0.103. The van der Waals surface area contributed by atoms with Crippen molar-refractivity contribution in [2.24, 2.45) is 0 Å². The van der Waals surface area contributed by atoms with Crippen molar-refractivity contribution in [3.63, 3.8) is 0 Å². The maximum atomic E-state index is 13.3. The molecule has 0 heterocycles. The molecule has 0 fully saturated rings. The second-order valence-electron chi connectivity index (χ2n) is 8.27. The molecular formula is C29H22F3NO. The molecular weight excluding hydrogens is 435 g/mol. The van der Waals surface area contributed by atoms with E-state index in [1.165, 1.54) is 12.1 Å². The maximum Gasteiger partial charge on any atom is 0.416 e. The Balaban J connectivity index is 1.51. The number of rotatable bonds is 5. The van der Waals surface area contributed by atoms with Crippen LogP contribution in [-0.4, -0.2) is 5.11 Å². The van der Waals surface area contributed by atoms with E-state index in [4.69, 9.17) is 0 Å². The van der Waals surface area contributed by atoms with Crippen LogP contribution in [0.2, 0.25) is 0 Å². The van der Waals surface area contributed by atoms with E-state index in [9.17, 15) is 18.3 Å². The Morgan fingerprint density at radius 3 is 1.88 bits per heavy atom. The summed E-state index contributed by atoms with van der Waals surface area (Å²) in [4.78, 5) is 0. The normalized spacial score (nSPS) is 11.9. The van der Waals surface area contributed by atoms with Gasteiger partial charge in [-0.15, -0.1) is 0 Å². The molecule has 0 aliphatic carbocycles. The summed E-state index contributed by atoms with van der Waals surface area (Å²) < 4.78 is 39.9. The lowest BCUT2D eigenvalue weighted by Gasteiger charge is -2.16. The van der Waals surface area contributed by atoms with E-state index in [2.05, 4.69) is 11.4 Å². The summed E-state index contributed by atoms with van der Waals surface area (Å²) in [5.74, 6) is 0.126. The van der Waals surface area contributed by atoms with Crippen molar-refractivity contribution in [3.05, 3.63) is 114 Å². The quantitative estimate of drug-likeness (QED) is 0.265. The van der Waals surface area contributed by atoms with Crippen LogP contribution < -0.4 is 5.32 Å². The number of phenolic OH excluding ortho intramolecular Hbond substituents is 1. The molecule has 0 atom stereocenters. The molecule has 170 valence electrons. The minimum Gasteiger partial charge on any atom is -0.507 e. The number of hydrogen-bond donors (Lipinski definition) is 2. The second-order valence-corrected chi connectivity index (χ2v) is 8.27. The number of hydrogen-bond acceptors (Lipinski definition) is 2. The van der Waals surface area contributed by atoms with Crippen LogP contribution in [0.15, 0.2) is 97.1 Å². The van der Waals surface area contributed by atoms with Crippen molar-refractivity contribution in [2.45, 2.75) is 19.3 Å². The molecule has 0 saturated heterocycles. The third-order valence-corrected chi connectivity index (χ3v) is 6.11. The highest BCUT2D eigenvalue weighted by atomic mass is 19.4. The zero-order chi connectivity index (χ0) is 23.7. The largest absolute Gasteiger partial charge is 0.507 e. The highest BCUT2D eigenvalue weighted by molar-refractivity contribution is 6.13. The molecule has 5 rings (SSSR count). The fourth-order valence-electron chi connectivity index (χ4n) is 4.52. The van der Waals surface area contributed by atoms with Crippen LogP contribution in [0.4, 0.5) is 13.2 Å². The molecule has 0 unspecified atom stereocenters. The molecule has 5 aromatic carbocycles. The molecule has 0 radical (unpaired) electrons. The molecule has 0 spiro atoms. The average Bonchev–Trinajstić information content (AvgIpc) is 2.83. The molecule has 0 aliphatic heterocycles. The van der Waals surface area contributed by atoms with Crippen molar-refractivity contribution in [3.8, 4) is 16.9 Å². The van der Waals surface area contributed by atoms with Gasteiger partial charge in [-0.1, -0.05) is 84.9 Å². The molecule has 0 aromatic heterocycles. The standard InChI is InChI=1S/C29H22F3NO/c30-29(31,32)26-15-6-3-10-21(26)17-33-18-22-11-7-14-25(28(22)34)27-23-12-4-1-8-19(23)16-20-9-2-5-13-24(20)27/h1-16,33-34H,17-18H2. The van der Waals surface area contributed by atoms with Gasteiger partial charge in [0.1, 0.15) is 5.75 Å². The van der Waals surface area contributed by atoms with E-state index in [0.717, 1.165) is 33.2 Å². The number of nitrogens with one attached hydrogen (secondary N) is 1. The van der Waals surface area contributed by atoms with Gasteiger partial charge in [0.15, 0.2) is 0 Å². The number of phenols is 1. The SMILES string of the molecule is Oc1c(CNCc2ccccc2C(F)(F)F)cccc1-c1c2ccccc2cc2ccccc12. The summed E-state index contributed by atoms with van der Waals surface area (Å²) in [5.41, 5.74) is 1.78. The minimum atomic E-state index is -4.41. The van der Waals surface area contributed by atoms with Gasteiger partial charge in [-0.25, -0.2) is 0 Å². The number of aromatic hydroxyl groups is 1. The smallest absolute Gasteiger partial charge is 0.416 e. The van der Waals surface area contributed by atoms with Crippen LogP contribution in [-0.2, 0) is 19.3 Å². The Morgan fingerprint density at radius 1 is 0.647 bits per heavy atom. The number of benzene rings is 5. The van der Waals surface area contributed by atoms with Crippen molar-refractivity contribution in [1.82, 2.24) is 5.32 Å². The summed E-state index contributed by atoms with van der Waals surface area (Å²) in [6.07, 6.45) is -4.41. The first-order chi connectivity index (χ1) is 16.4. The van der Waals surface area contributed by atoms with Gasteiger partial charge < -0.3 is 10.4 Å². The van der Waals surface area contributed by atoms with E-state index < -0.39 is 11.7 Å². The molecule has 0 saturated carbocycles. The van der Waals surface area contributed by atoms with Crippen LogP contribution in [0, 0.1) is 0 Å². The van der Waals surface area contributed by atoms with Gasteiger partial charge in [-0.2, -0.15) is 13.2 Å². The van der Waals surface area contributed by atoms with Gasteiger partial charge in [0.05, 0.1) is 5.56 Å². The zero-order valence-corrected chi connectivity index (χ0v) is 18.2. The van der Waals surface area contributed by atoms with Crippen molar-refractivity contribution < 1.29 is 18.3 Å². The van der Waals surface area contributed by atoms with E-state index in [-0.39, 0.29) is 24.4 Å². The van der Waals surface area contributed by atoms with Gasteiger partial charge in [0, 0.05) is 29.8 Å². The van der Waals surface area contributed by atoms with Gasteiger partial charge >= 0.3 is 6.18 Å². The molecule has 5 aromatic rings. The van der Waals surface area contributed by atoms with Crippen LogP contribution >= 0.6 is 0 Å². The number of fused-ring (bicyclic) bond motifs is 2. The fourth-order valence-corrected chi connectivity index (χ4v) is 4.52. The summed E-state index contributed by atoms with van der Waals surface area (Å²) in [7, 11) is 0. The average molecular weight is 457 g/mol. The first kappa shape index (κ1) is 22.0. The predicted molar refractivity (Wildman–Crippen MR) is 131 cm³/mol. The van der Waals surface area contributed by atoms with E-state index in [1.54, 1.807) is 12.1 Å². The van der Waals surface area contributed by atoms with Crippen molar-refractivity contribution >= 4 is 21.5 Å². The van der Waals surface area contributed by atoms with Gasteiger partial charge in [0.2, 0.25) is 0 Å². The monoisotopic (exact) mass is 457 g/mol. The summed E-state index contributed by atoms with van der Waals surface area (Å²) in [6, 6.07) is 29.3. The lowest BCUT2D eigenvalue weighted by Crippen LogP contribution is -2.17. The highest BCUT2D eigenvalue weighted by Gasteiger charge is 2.32. The topological polar surface area (TPSA) is 32.3 Å². The number of para-hydroxylation sites is 1. The van der Waals surface area contributed by atoms with Crippen LogP contribution in [0.3, 0.4) is 0 Å². The first-order valence-electron chi connectivity index (χ1n) is 11.0. The van der Waals surface area contributed by atoms with Gasteiger partial charge in [0.25, 0.3) is 0 Å². The molecule has 0 aliphatic rings. The van der Waals surface area contributed by atoms with Crippen molar-refractivity contribution in [1.29, 1.82) is 0 Å². The molecule has 0 bridgehead atoms. The van der Waals surface area contributed by atoms with Crippen LogP contribution in [0.5, 0.6) is 5.75 Å². The Bertz CT molecular complexity index is 1440. The molecule has 34 heavy (non-hydrogen) atoms. The van der Waals surface area contributed by atoms with E-state index in [1.807, 2.05) is 60.7 Å². The van der Waals surface area contributed by atoms with Crippen molar-refractivity contribution in [2.75, 3.05) is 0 Å².